The van der Waals surface area contributed by atoms with E-state index in [1.54, 1.807) is 0 Å². The minimum Gasteiger partial charge on any atom is -0.133 e. The molecule has 0 radical (unpaired) electrons. The normalized spacial score (nSPS) is 15.5. The number of rotatable bonds is 0. The molecule has 0 aliphatic heterocycles. The number of alkyl halides is 1. The minimum absolute atomic E-state index is 0.306. The molecule has 4 heavy (non-hydrogen) atoms. The Bertz CT molecular complexity index is 10.8. The van der Waals surface area contributed by atoms with E-state index in [-0.39, 0.29) is 0 Å². The summed E-state index contributed by atoms with van der Waals surface area (Å²) in [6.07, 6.45) is 0. The van der Waals surface area contributed by atoms with E-state index in [9.17, 15) is 0 Å². The van der Waals surface area contributed by atoms with Crippen LogP contribution in [0.15, 0.2) is 0 Å². The van der Waals surface area contributed by atoms with E-state index >= 15 is 0 Å². The van der Waals surface area contributed by atoms with Crippen LogP contribution in [0.5, 0.6) is 0 Å². The summed E-state index contributed by atoms with van der Waals surface area (Å²) in [7, 11) is 1.93. The second-order valence-electron chi connectivity index (χ2n) is 1.01. The zero-order valence-electron chi connectivity index (χ0n) is 2.96. The first-order valence-electron chi connectivity index (χ1n) is 1.37. The van der Waals surface area contributed by atoms with Crippen molar-refractivity contribution < 1.29 is 0 Å². The molecule has 0 saturated carbocycles. The van der Waals surface area contributed by atoms with E-state index in [2.05, 4.69) is 0 Å². The second kappa shape index (κ2) is 1.65. The Labute approximate surface area is 32.6 Å². The molecule has 0 aromatic rings. The number of halogens is 1. The molecular formula is C2H6BCl. The van der Waals surface area contributed by atoms with Crippen molar-refractivity contribution >= 4 is 19.4 Å². The summed E-state index contributed by atoms with van der Waals surface area (Å²) in [5, 5.41) is 0.306. The Kier molecular flexibility index (Phi) is 1.80. The fraction of sp³-hybridized carbons (Fsp3) is 1.00. The molecule has 24 valence electrons. The van der Waals surface area contributed by atoms with Gasteiger partial charge in [0.2, 0.25) is 0 Å². The summed E-state index contributed by atoms with van der Waals surface area (Å²) in [6.45, 7) is 1.93. The van der Waals surface area contributed by atoms with Crippen LogP contribution in [-0.4, -0.2) is 13.1 Å². The molecule has 0 aromatic heterocycles. The van der Waals surface area contributed by atoms with Crippen molar-refractivity contribution in [3.8, 4) is 0 Å². The third-order valence-corrected chi connectivity index (χ3v) is 0. The van der Waals surface area contributed by atoms with Crippen LogP contribution < -0.4 is 0 Å². The highest BCUT2D eigenvalue weighted by Gasteiger charge is 1.73. The molecule has 0 spiro atoms. The van der Waals surface area contributed by atoms with Crippen molar-refractivity contribution in [3.63, 3.8) is 0 Å². The van der Waals surface area contributed by atoms with E-state index in [0.29, 0.717) is 5.28 Å². The lowest BCUT2D eigenvalue weighted by Crippen LogP contribution is -1.81. The van der Waals surface area contributed by atoms with Gasteiger partial charge >= 0.3 is 0 Å². The summed E-state index contributed by atoms with van der Waals surface area (Å²) >= 11 is 5.27. The molecule has 0 aliphatic carbocycles. The van der Waals surface area contributed by atoms with Gasteiger partial charge in [-0.05, 0) is 5.28 Å². The third-order valence-electron chi connectivity index (χ3n) is 0. The van der Waals surface area contributed by atoms with E-state index in [4.69, 9.17) is 11.6 Å². The van der Waals surface area contributed by atoms with Gasteiger partial charge in [-0.3, -0.25) is 0 Å². The van der Waals surface area contributed by atoms with Gasteiger partial charge in [0.15, 0.2) is 0 Å². The van der Waals surface area contributed by atoms with Crippen molar-refractivity contribution in [1.29, 1.82) is 0 Å². The fourth-order valence-electron chi connectivity index (χ4n) is 0. The van der Waals surface area contributed by atoms with Gasteiger partial charge < -0.3 is 0 Å². The quantitative estimate of drug-likeness (QED) is 0.286. The lowest BCUT2D eigenvalue weighted by Gasteiger charge is -1.75. The molecule has 0 amide bonds. The largest absolute Gasteiger partial charge is 0.133 e. The molecular weight excluding hydrogens is 70.3 g/mol. The van der Waals surface area contributed by atoms with E-state index in [0.717, 1.165) is 0 Å². The predicted octanol–water partition coefficient (Wildman–Crippen LogP) is 0.204. The molecule has 0 aromatic carbocycles. The summed E-state index contributed by atoms with van der Waals surface area (Å²) in [4.78, 5) is 0. The van der Waals surface area contributed by atoms with Crippen LogP contribution in [-0.2, 0) is 0 Å². The summed E-state index contributed by atoms with van der Waals surface area (Å²) in [5.41, 5.74) is 0. The van der Waals surface area contributed by atoms with Gasteiger partial charge in [-0.2, -0.15) is 0 Å². The van der Waals surface area contributed by atoms with E-state index < -0.39 is 0 Å². The SMILES string of the molecule is B[C@@H](C)Cl. The Balaban J connectivity index is 2.32. The summed E-state index contributed by atoms with van der Waals surface area (Å²) in [5.74, 6) is 0. The van der Waals surface area contributed by atoms with Crippen LogP contribution in [0.4, 0.5) is 0 Å². The topological polar surface area (TPSA) is 0 Å². The first-order chi connectivity index (χ1) is 1.73. The van der Waals surface area contributed by atoms with Gasteiger partial charge in [-0.15, -0.1) is 11.6 Å². The van der Waals surface area contributed by atoms with Crippen molar-refractivity contribution in [3.05, 3.63) is 0 Å². The third kappa shape index (κ3) is 34.3. The van der Waals surface area contributed by atoms with Crippen molar-refractivity contribution in [2.75, 3.05) is 0 Å². The van der Waals surface area contributed by atoms with E-state index in [1.807, 2.05) is 14.8 Å². The van der Waals surface area contributed by atoms with Crippen LogP contribution in [0.1, 0.15) is 6.92 Å². The zero-order chi connectivity index (χ0) is 3.58. The maximum absolute atomic E-state index is 5.27. The Hall–Kier alpha value is 0.355. The molecule has 0 saturated heterocycles. The van der Waals surface area contributed by atoms with Gasteiger partial charge in [0, 0.05) is 0 Å². The Morgan fingerprint density at radius 1 is 2.00 bits per heavy atom. The molecule has 0 rings (SSSR count). The summed E-state index contributed by atoms with van der Waals surface area (Å²) < 4.78 is 0. The number of hydrogen-bond acceptors (Lipinski definition) is 0. The maximum atomic E-state index is 5.27. The highest BCUT2D eigenvalue weighted by Crippen LogP contribution is 1.78. The van der Waals surface area contributed by atoms with Crippen LogP contribution in [0.25, 0.3) is 0 Å². The Morgan fingerprint density at radius 2 is 2.00 bits per heavy atom. The van der Waals surface area contributed by atoms with Crippen LogP contribution in [0.3, 0.4) is 0 Å². The maximum Gasteiger partial charge on any atom is 0.124 e. The summed E-state index contributed by atoms with van der Waals surface area (Å²) in [6, 6.07) is 0. The molecule has 0 fully saturated rings. The molecule has 0 N–H and O–H groups in total. The molecule has 0 bridgehead atoms. The molecule has 0 unspecified atom stereocenters. The highest BCUT2D eigenvalue weighted by atomic mass is 35.5. The van der Waals surface area contributed by atoms with Gasteiger partial charge in [-0.25, -0.2) is 0 Å². The molecule has 0 heterocycles. The predicted molar refractivity (Wildman–Crippen MR) is 23.9 cm³/mol. The average Bonchev–Trinajstić information content (AvgIpc) is 0.811. The molecule has 1 atom stereocenters. The lowest BCUT2D eigenvalue weighted by atomic mass is 10.1. The average molecular weight is 76.3 g/mol. The van der Waals surface area contributed by atoms with Crippen molar-refractivity contribution in [2.45, 2.75) is 12.2 Å². The minimum atomic E-state index is 0.306. The van der Waals surface area contributed by atoms with Crippen LogP contribution >= 0.6 is 11.6 Å². The first kappa shape index (κ1) is 4.35. The Morgan fingerprint density at radius 3 is 2.00 bits per heavy atom. The number of hydrogen-bond donors (Lipinski definition) is 0. The standard InChI is InChI=1S/C2H6BCl/c1-2(3)4/h2H,3H2,1H3/t2-/m1/s1. The van der Waals surface area contributed by atoms with Gasteiger partial charge in [-0.1, -0.05) is 6.92 Å². The van der Waals surface area contributed by atoms with Gasteiger partial charge in [0.25, 0.3) is 0 Å². The second-order valence-corrected chi connectivity index (χ2v) is 1.89. The van der Waals surface area contributed by atoms with Crippen molar-refractivity contribution in [1.82, 2.24) is 0 Å². The fourth-order valence-corrected chi connectivity index (χ4v) is 0. The highest BCUT2D eigenvalue weighted by molar-refractivity contribution is 6.40. The first-order valence-corrected chi connectivity index (χ1v) is 1.81. The van der Waals surface area contributed by atoms with Gasteiger partial charge in [0.05, 0.1) is 0 Å². The van der Waals surface area contributed by atoms with E-state index in [1.165, 1.54) is 0 Å². The molecule has 0 aliphatic rings. The molecule has 0 nitrogen and oxygen atoms in total. The lowest BCUT2D eigenvalue weighted by molar-refractivity contribution is 1.38. The van der Waals surface area contributed by atoms with Gasteiger partial charge in [0.1, 0.15) is 7.85 Å². The van der Waals surface area contributed by atoms with Crippen LogP contribution in [0, 0.1) is 0 Å². The molecule has 2 heteroatoms. The smallest absolute Gasteiger partial charge is 0.124 e. The monoisotopic (exact) mass is 76.0 g/mol. The van der Waals surface area contributed by atoms with Crippen molar-refractivity contribution in [2.24, 2.45) is 0 Å². The van der Waals surface area contributed by atoms with Crippen LogP contribution in [0.2, 0.25) is 0 Å². The zero-order valence-corrected chi connectivity index (χ0v) is 3.71.